The summed E-state index contributed by atoms with van der Waals surface area (Å²) < 4.78 is 0. The van der Waals surface area contributed by atoms with Crippen LogP contribution >= 0.6 is 0 Å². The van der Waals surface area contributed by atoms with Crippen LogP contribution in [-0.4, -0.2) is 39.7 Å². The van der Waals surface area contributed by atoms with Crippen molar-refractivity contribution in [2.24, 2.45) is 4.99 Å². The molecule has 1 aromatic heterocycles. The Labute approximate surface area is 224 Å². The highest BCUT2D eigenvalue weighted by Crippen LogP contribution is 2.31. The van der Waals surface area contributed by atoms with Crippen molar-refractivity contribution in [2.75, 3.05) is 13.1 Å². The molecule has 5 rings (SSSR count). The molecule has 0 spiro atoms. The summed E-state index contributed by atoms with van der Waals surface area (Å²) in [7, 11) is 0. The predicted molar refractivity (Wildman–Crippen MR) is 154 cm³/mol. The number of carbonyl (C=O) groups is 1. The maximum Gasteiger partial charge on any atom is 0.251 e. The summed E-state index contributed by atoms with van der Waals surface area (Å²) in [5.41, 5.74) is 5.91. The molecule has 1 amide bonds. The summed E-state index contributed by atoms with van der Waals surface area (Å²) in [6.07, 6.45) is 4.54. The molecule has 1 fully saturated rings. The van der Waals surface area contributed by atoms with Crippen molar-refractivity contribution in [2.45, 2.75) is 52.1 Å². The Bertz CT molecular complexity index is 1420. The van der Waals surface area contributed by atoms with Crippen molar-refractivity contribution < 1.29 is 9.90 Å². The molecule has 2 heterocycles. The summed E-state index contributed by atoms with van der Waals surface area (Å²) in [6.45, 7) is 7.32. The molecular formula is C32H36N4O2. The third-order valence-electron chi connectivity index (χ3n) is 7.37. The van der Waals surface area contributed by atoms with E-state index in [1.165, 1.54) is 37.9 Å². The number of aromatic amines is 1. The Hall–Kier alpha value is -3.90. The van der Waals surface area contributed by atoms with Crippen LogP contribution in [0.1, 0.15) is 72.6 Å². The molecule has 0 bridgehead atoms. The van der Waals surface area contributed by atoms with Gasteiger partial charge in [-0.3, -0.25) is 14.7 Å². The number of carbonyl (C=O) groups excluding carboxylic acids is 1. The molecule has 6 nitrogen and oxygen atoms in total. The van der Waals surface area contributed by atoms with Crippen LogP contribution in [-0.2, 0) is 6.54 Å². The highest BCUT2D eigenvalue weighted by Gasteiger charge is 2.19. The monoisotopic (exact) mass is 508 g/mol. The number of aliphatic imine (C=N–C) groups is 1. The van der Waals surface area contributed by atoms with Crippen molar-refractivity contribution >= 4 is 28.2 Å². The van der Waals surface area contributed by atoms with Gasteiger partial charge in [-0.05, 0) is 80.7 Å². The normalized spacial score (nSPS) is 15.5. The van der Waals surface area contributed by atoms with Crippen LogP contribution in [0.4, 0.5) is 5.69 Å². The fourth-order valence-corrected chi connectivity index (χ4v) is 5.24. The lowest BCUT2D eigenvalue weighted by Crippen LogP contribution is -2.28. The van der Waals surface area contributed by atoms with Crippen LogP contribution in [0.15, 0.2) is 77.8 Å². The van der Waals surface area contributed by atoms with Crippen LogP contribution in [0, 0.1) is 0 Å². The van der Waals surface area contributed by atoms with Crippen molar-refractivity contribution in [3.8, 4) is 5.88 Å². The lowest BCUT2D eigenvalue weighted by molar-refractivity contribution is 0.0940. The number of nitrogens with one attached hydrogen (secondary N) is 2. The number of rotatable bonds is 8. The number of nitrogens with zero attached hydrogens (tertiary/aromatic N) is 2. The van der Waals surface area contributed by atoms with Gasteiger partial charge in [0, 0.05) is 23.0 Å². The molecule has 0 saturated carbocycles. The Balaban J connectivity index is 1.38. The number of likely N-dealkylation sites (tertiary alicyclic amines) is 1. The minimum absolute atomic E-state index is 0.0672. The highest BCUT2D eigenvalue weighted by molar-refractivity contribution is 6.14. The number of fused-ring (bicyclic) bond motifs is 1. The number of H-pyrrole nitrogens is 1. The van der Waals surface area contributed by atoms with Crippen molar-refractivity contribution in [3.63, 3.8) is 0 Å². The predicted octanol–water partition coefficient (Wildman–Crippen LogP) is 6.88. The Morgan fingerprint density at radius 2 is 1.76 bits per heavy atom. The van der Waals surface area contributed by atoms with Crippen LogP contribution in [0.5, 0.6) is 5.88 Å². The fourth-order valence-electron chi connectivity index (χ4n) is 5.24. The molecular weight excluding hydrogens is 472 g/mol. The summed E-state index contributed by atoms with van der Waals surface area (Å²) in [4.78, 5) is 23.5. The highest BCUT2D eigenvalue weighted by atomic mass is 16.3. The number of benzene rings is 3. The van der Waals surface area contributed by atoms with E-state index in [0.717, 1.165) is 34.4 Å². The van der Waals surface area contributed by atoms with Crippen LogP contribution in [0.2, 0.25) is 0 Å². The van der Waals surface area contributed by atoms with E-state index in [4.69, 9.17) is 4.99 Å². The number of hydrogen-bond acceptors (Lipinski definition) is 4. The summed E-state index contributed by atoms with van der Waals surface area (Å²) in [5.74, 6) is -0.0910. The first-order valence-electron chi connectivity index (χ1n) is 13.6. The lowest BCUT2D eigenvalue weighted by atomic mass is 10.0. The molecule has 196 valence electrons. The molecule has 1 saturated heterocycles. The van der Waals surface area contributed by atoms with E-state index < -0.39 is 0 Å². The van der Waals surface area contributed by atoms with E-state index in [-0.39, 0.29) is 17.8 Å². The average molecular weight is 509 g/mol. The first-order valence-corrected chi connectivity index (χ1v) is 13.6. The van der Waals surface area contributed by atoms with Crippen molar-refractivity contribution in [1.82, 2.24) is 15.2 Å². The van der Waals surface area contributed by atoms with Gasteiger partial charge in [0.15, 0.2) is 5.88 Å². The number of amides is 1. The maximum absolute atomic E-state index is 13.1. The number of piperidine rings is 1. The zero-order valence-corrected chi connectivity index (χ0v) is 22.2. The van der Waals surface area contributed by atoms with Crippen LogP contribution in [0.25, 0.3) is 10.9 Å². The molecule has 1 aliphatic rings. The second-order valence-corrected chi connectivity index (χ2v) is 10.1. The van der Waals surface area contributed by atoms with Crippen molar-refractivity contribution in [1.29, 1.82) is 0 Å². The standard InChI is InChI=1S/C32H36N4O2/c1-3-28(34-26-15-12-23(13-16-26)21-36-18-8-5-9-19-36)30-27-20-25(14-17-29(27)35-32(30)38)31(37)33-22(2)24-10-6-4-7-11-24/h4,6-7,10-17,20,22,35,38H,3,5,8-9,18-19,21H2,1-2H3,(H,33,37)/t22-/m1/s1. The summed E-state index contributed by atoms with van der Waals surface area (Å²) >= 11 is 0. The molecule has 3 N–H and O–H groups in total. The molecule has 0 aliphatic carbocycles. The minimum atomic E-state index is -0.158. The van der Waals surface area contributed by atoms with E-state index in [1.807, 2.05) is 68.4 Å². The Morgan fingerprint density at radius 3 is 2.47 bits per heavy atom. The number of hydrogen-bond donors (Lipinski definition) is 3. The molecule has 6 heteroatoms. The third kappa shape index (κ3) is 5.81. The zero-order valence-electron chi connectivity index (χ0n) is 22.2. The van der Waals surface area contributed by atoms with Gasteiger partial charge >= 0.3 is 0 Å². The molecule has 0 radical (unpaired) electrons. The lowest BCUT2D eigenvalue weighted by Gasteiger charge is -2.26. The van der Waals surface area contributed by atoms with Gasteiger partial charge in [0.05, 0.1) is 23.0 Å². The zero-order chi connectivity index (χ0) is 26.5. The molecule has 1 aliphatic heterocycles. The van der Waals surface area contributed by atoms with Gasteiger partial charge in [-0.1, -0.05) is 55.8 Å². The summed E-state index contributed by atoms with van der Waals surface area (Å²) in [6, 6.07) is 23.6. The second-order valence-electron chi connectivity index (χ2n) is 10.1. The second kappa shape index (κ2) is 11.7. The van der Waals surface area contributed by atoms with E-state index in [0.29, 0.717) is 17.5 Å². The van der Waals surface area contributed by atoms with Gasteiger partial charge in [-0.25, -0.2) is 0 Å². The first kappa shape index (κ1) is 25.7. The SMILES string of the molecule is CCC(=Nc1ccc(CN2CCCCC2)cc1)c1c(O)[nH]c2ccc(C(=O)N[C@H](C)c3ccccc3)cc12. The van der Waals surface area contributed by atoms with Crippen LogP contribution < -0.4 is 5.32 Å². The first-order chi connectivity index (χ1) is 18.5. The van der Waals surface area contributed by atoms with E-state index >= 15 is 0 Å². The summed E-state index contributed by atoms with van der Waals surface area (Å²) in [5, 5.41) is 14.7. The molecule has 4 aromatic rings. The average Bonchev–Trinajstić information content (AvgIpc) is 3.28. The molecule has 3 aromatic carbocycles. The van der Waals surface area contributed by atoms with Gasteiger partial charge in [-0.15, -0.1) is 0 Å². The van der Waals surface area contributed by atoms with Gasteiger partial charge < -0.3 is 15.4 Å². The third-order valence-corrected chi connectivity index (χ3v) is 7.37. The van der Waals surface area contributed by atoms with Crippen molar-refractivity contribution in [3.05, 3.63) is 95.1 Å². The van der Waals surface area contributed by atoms with E-state index in [2.05, 4.69) is 27.3 Å². The van der Waals surface area contributed by atoms with E-state index in [1.54, 1.807) is 6.07 Å². The van der Waals surface area contributed by atoms with Gasteiger partial charge in [0.25, 0.3) is 5.91 Å². The quantitative estimate of drug-likeness (QED) is 0.227. The number of aromatic hydroxyl groups is 1. The van der Waals surface area contributed by atoms with Gasteiger partial charge in [0.2, 0.25) is 0 Å². The molecule has 38 heavy (non-hydrogen) atoms. The molecule has 0 unspecified atom stereocenters. The molecule has 1 atom stereocenters. The van der Waals surface area contributed by atoms with Gasteiger partial charge in [0.1, 0.15) is 0 Å². The Morgan fingerprint density at radius 1 is 1.03 bits per heavy atom. The Kier molecular flexibility index (Phi) is 7.89. The van der Waals surface area contributed by atoms with Gasteiger partial charge in [-0.2, -0.15) is 0 Å². The minimum Gasteiger partial charge on any atom is -0.494 e. The topological polar surface area (TPSA) is 80.7 Å². The maximum atomic E-state index is 13.1. The smallest absolute Gasteiger partial charge is 0.251 e. The fraction of sp³-hybridized carbons (Fsp3) is 0.312. The van der Waals surface area contributed by atoms with Crippen LogP contribution in [0.3, 0.4) is 0 Å². The number of aromatic nitrogens is 1. The largest absolute Gasteiger partial charge is 0.494 e. The van der Waals surface area contributed by atoms with E-state index in [9.17, 15) is 9.90 Å².